The van der Waals surface area contributed by atoms with Crippen LogP contribution in [0.25, 0.3) is 10.2 Å². The quantitative estimate of drug-likeness (QED) is 0.739. The molecule has 3 N–H and O–H groups in total. The molecule has 3 aromatic rings. The van der Waals surface area contributed by atoms with Gasteiger partial charge in [0.05, 0.1) is 10.6 Å². The van der Waals surface area contributed by atoms with Crippen molar-refractivity contribution in [3.8, 4) is 0 Å². The molecule has 0 saturated carbocycles. The van der Waals surface area contributed by atoms with E-state index in [1.165, 1.54) is 17.4 Å². The molecule has 8 heteroatoms. The van der Waals surface area contributed by atoms with Crippen molar-refractivity contribution in [1.29, 1.82) is 0 Å². The number of primary amides is 1. The average molecular weight is 370 g/mol. The molecule has 0 spiro atoms. The number of anilines is 2. The van der Waals surface area contributed by atoms with Gasteiger partial charge in [0.25, 0.3) is 0 Å². The topological polar surface area (TPSA) is 88.3 Å². The second-order valence-corrected chi connectivity index (χ2v) is 7.12. The molecular formula is C18H15FN4O2S. The predicted molar refractivity (Wildman–Crippen MR) is 98.9 cm³/mol. The van der Waals surface area contributed by atoms with Gasteiger partial charge in [-0.1, -0.05) is 17.4 Å². The van der Waals surface area contributed by atoms with Crippen molar-refractivity contribution >= 4 is 44.2 Å². The molecular weight excluding hydrogens is 355 g/mol. The highest BCUT2D eigenvalue weighted by Gasteiger charge is 2.34. The highest BCUT2D eigenvalue weighted by molar-refractivity contribution is 7.22. The molecule has 1 saturated heterocycles. The number of amides is 2. The van der Waals surface area contributed by atoms with Crippen LogP contribution in [-0.2, 0) is 4.79 Å². The molecule has 0 unspecified atom stereocenters. The van der Waals surface area contributed by atoms with Gasteiger partial charge in [-0.05, 0) is 36.4 Å². The second-order valence-electron chi connectivity index (χ2n) is 6.12. The number of carbonyl (C=O) groups excluding carboxylic acids is 2. The molecule has 4 rings (SSSR count). The van der Waals surface area contributed by atoms with E-state index in [4.69, 9.17) is 5.73 Å². The van der Waals surface area contributed by atoms with Crippen LogP contribution < -0.4 is 16.0 Å². The number of nitrogens with two attached hydrogens (primary N) is 1. The summed E-state index contributed by atoms with van der Waals surface area (Å²) in [5, 5.41) is 3.55. The van der Waals surface area contributed by atoms with Gasteiger partial charge in [0, 0.05) is 24.3 Å². The van der Waals surface area contributed by atoms with Gasteiger partial charge in [-0.15, -0.1) is 0 Å². The molecule has 132 valence electrons. The summed E-state index contributed by atoms with van der Waals surface area (Å²) in [5.41, 5.74) is 6.56. The minimum Gasteiger partial charge on any atom is -0.366 e. The van der Waals surface area contributed by atoms with Crippen LogP contribution in [0, 0.1) is 11.7 Å². The van der Waals surface area contributed by atoms with Crippen LogP contribution in [-0.4, -0.2) is 29.9 Å². The molecule has 0 bridgehead atoms. The van der Waals surface area contributed by atoms with Crippen LogP contribution in [0.15, 0.2) is 42.5 Å². The monoisotopic (exact) mass is 370 g/mol. The van der Waals surface area contributed by atoms with Crippen LogP contribution in [0.5, 0.6) is 0 Å². The summed E-state index contributed by atoms with van der Waals surface area (Å²) in [6.45, 7) is 1.07. The molecule has 2 amide bonds. The van der Waals surface area contributed by atoms with E-state index >= 15 is 0 Å². The largest absolute Gasteiger partial charge is 0.366 e. The number of aromatic nitrogens is 1. The van der Waals surface area contributed by atoms with Crippen LogP contribution in [0.4, 0.5) is 15.2 Å². The van der Waals surface area contributed by atoms with Gasteiger partial charge in [0.2, 0.25) is 11.8 Å². The van der Waals surface area contributed by atoms with Gasteiger partial charge in [-0.3, -0.25) is 9.59 Å². The molecule has 2 aromatic carbocycles. The molecule has 1 aliphatic heterocycles. The lowest BCUT2D eigenvalue weighted by molar-refractivity contribution is -0.120. The summed E-state index contributed by atoms with van der Waals surface area (Å²) in [6, 6.07) is 11.3. The Morgan fingerprint density at radius 2 is 1.92 bits per heavy atom. The fourth-order valence-electron chi connectivity index (χ4n) is 2.80. The van der Waals surface area contributed by atoms with Gasteiger partial charge in [-0.25, -0.2) is 9.37 Å². The zero-order valence-corrected chi connectivity index (χ0v) is 14.4. The van der Waals surface area contributed by atoms with Crippen molar-refractivity contribution < 1.29 is 14.0 Å². The minimum absolute atomic E-state index is 0.0969. The van der Waals surface area contributed by atoms with E-state index < -0.39 is 5.91 Å². The predicted octanol–water partition coefficient (Wildman–Crippen LogP) is 2.61. The number of thiazole rings is 1. The lowest BCUT2D eigenvalue weighted by Gasteiger charge is -2.37. The lowest BCUT2D eigenvalue weighted by Crippen LogP contribution is -2.52. The third-order valence-corrected chi connectivity index (χ3v) is 5.40. The molecule has 6 nitrogen and oxygen atoms in total. The fraction of sp³-hybridized carbons (Fsp3) is 0.167. The first kappa shape index (κ1) is 16.5. The van der Waals surface area contributed by atoms with Gasteiger partial charge in [0.1, 0.15) is 11.3 Å². The first-order valence-electron chi connectivity index (χ1n) is 8.02. The van der Waals surface area contributed by atoms with E-state index in [0.717, 1.165) is 9.83 Å². The minimum atomic E-state index is -0.509. The Morgan fingerprint density at radius 3 is 2.58 bits per heavy atom. The molecule has 1 fully saturated rings. The van der Waals surface area contributed by atoms with Crippen molar-refractivity contribution in [3.05, 3.63) is 53.8 Å². The van der Waals surface area contributed by atoms with Crippen molar-refractivity contribution in [2.75, 3.05) is 23.3 Å². The number of carbonyl (C=O) groups is 2. The summed E-state index contributed by atoms with van der Waals surface area (Å²) < 4.78 is 14.5. The molecule has 26 heavy (non-hydrogen) atoms. The van der Waals surface area contributed by atoms with Crippen LogP contribution in [0.3, 0.4) is 0 Å². The van der Waals surface area contributed by atoms with Gasteiger partial charge in [-0.2, -0.15) is 0 Å². The van der Waals surface area contributed by atoms with Gasteiger partial charge >= 0.3 is 0 Å². The molecule has 0 radical (unpaired) electrons. The number of hydrogen-bond acceptors (Lipinski definition) is 5. The number of rotatable bonds is 4. The summed E-state index contributed by atoms with van der Waals surface area (Å²) in [4.78, 5) is 29.7. The average Bonchev–Trinajstić information content (AvgIpc) is 2.99. The van der Waals surface area contributed by atoms with E-state index in [1.807, 2.05) is 11.0 Å². The Morgan fingerprint density at radius 1 is 1.19 bits per heavy atom. The zero-order valence-electron chi connectivity index (χ0n) is 13.6. The number of hydrogen-bond donors (Lipinski definition) is 2. The Labute approximate surface area is 152 Å². The second kappa shape index (κ2) is 6.38. The Balaban J connectivity index is 1.38. The van der Waals surface area contributed by atoms with Crippen molar-refractivity contribution in [2.24, 2.45) is 11.7 Å². The first-order valence-corrected chi connectivity index (χ1v) is 8.83. The van der Waals surface area contributed by atoms with E-state index in [0.29, 0.717) is 29.9 Å². The van der Waals surface area contributed by atoms with Crippen molar-refractivity contribution in [2.45, 2.75) is 0 Å². The number of nitrogens with zero attached hydrogens (tertiary/aromatic N) is 2. The third-order valence-electron chi connectivity index (χ3n) is 4.32. The number of fused-ring (bicyclic) bond motifs is 1. The third kappa shape index (κ3) is 2.99. The van der Waals surface area contributed by atoms with Crippen molar-refractivity contribution in [1.82, 2.24) is 4.98 Å². The zero-order chi connectivity index (χ0) is 18.3. The van der Waals surface area contributed by atoms with E-state index in [2.05, 4.69) is 10.3 Å². The number of nitrogens with one attached hydrogen (secondary N) is 1. The first-order chi connectivity index (χ1) is 12.5. The van der Waals surface area contributed by atoms with Crippen molar-refractivity contribution in [3.63, 3.8) is 0 Å². The summed E-state index contributed by atoms with van der Waals surface area (Å²) in [7, 11) is 0. The van der Waals surface area contributed by atoms with E-state index in [-0.39, 0.29) is 17.6 Å². The number of halogens is 1. The maximum absolute atomic E-state index is 13.7. The van der Waals surface area contributed by atoms with Gasteiger partial charge < -0.3 is 16.0 Å². The smallest absolute Gasteiger partial charge is 0.248 e. The highest BCUT2D eigenvalue weighted by Crippen LogP contribution is 2.34. The SMILES string of the molecule is NC(=O)c1ccc(NC(=O)C2CN(c3nc4c(F)cccc4s3)C2)cc1. The normalized spacial score (nSPS) is 14.3. The maximum Gasteiger partial charge on any atom is 0.248 e. The van der Waals surface area contributed by atoms with Crippen LogP contribution in [0.1, 0.15) is 10.4 Å². The molecule has 0 aliphatic carbocycles. The van der Waals surface area contributed by atoms with Crippen LogP contribution in [0.2, 0.25) is 0 Å². The van der Waals surface area contributed by atoms with E-state index in [9.17, 15) is 14.0 Å². The summed E-state index contributed by atoms with van der Waals surface area (Å²) >= 11 is 1.42. The van der Waals surface area contributed by atoms with Crippen LogP contribution >= 0.6 is 11.3 Å². The summed E-state index contributed by atoms with van der Waals surface area (Å²) in [5.74, 6) is -1.10. The number of para-hydroxylation sites is 1. The standard InChI is InChI=1S/C18H15FN4O2S/c19-13-2-1-3-14-15(13)22-18(26-14)23-8-11(9-23)17(25)21-12-6-4-10(5-7-12)16(20)24/h1-7,11H,8-9H2,(H2,20,24)(H,21,25). The van der Waals surface area contributed by atoms with E-state index in [1.54, 1.807) is 30.3 Å². The molecule has 1 aliphatic rings. The summed E-state index contributed by atoms with van der Waals surface area (Å²) in [6.07, 6.45) is 0. The molecule has 0 atom stereocenters. The fourth-order valence-corrected chi connectivity index (χ4v) is 3.80. The molecule has 1 aromatic heterocycles. The number of benzene rings is 2. The maximum atomic E-state index is 13.7. The Hall–Kier alpha value is -3.00. The molecule has 2 heterocycles. The Bertz CT molecular complexity index is 996. The Kier molecular flexibility index (Phi) is 4.04. The highest BCUT2D eigenvalue weighted by atomic mass is 32.1. The van der Waals surface area contributed by atoms with Gasteiger partial charge in [0.15, 0.2) is 5.13 Å². The lowest BCUT2D eigenvalue weighted by atomic mass is 10.00.